The van der Waals surface area contributed by atoms with E-state index in [4.69, 9.17) is 5.73 Å². The third kappa shape index (κ3) is 3.46. The van der Waals surface area contributed by atoms with Crippen LogP contribution in [0, 0.1) is 12.8 Å². The Morgan fingerprint density at radius 3 is 3.05 bits per heavy atom. The number of carbonyl (C=O) groups excluding carboxylic acids is 1. The number of carbonyl (C=O) groups is 1. The Labute approximate surface area is 114 Å². The van der Waals surface area contributed by atoms with Gasteiger partial charge >= 0.3 is 0 Å². The minimum Gasteiger partial charge on any atom is -0.397 e. The Balaban J connectivity index is 2.02. The van der Waals surface area contributed by atoms with E-state index in [9.17, 15) is 4.79 Å². The van der Waals surface area contributed by atoms with Gasteiger partial charge in [-0.1, -0.05) is 26.2 Å². The van der Waals surface area contributed by atoms with Gasteiger partial charge in [0, 0.05) is 6.04 Å². The number of aromatic nitrogens is 1. The second-order valence-electron chi connectivity index (χ2n) is 5.51. The van der Waals surface area contributed by atoms with Crippen LogP contribution in [0.3, 0.4) is 0 Å². The molecular weight excluding hydrogens is 238 g/mol. The van der Waals surface area contributed by atoms with Crippen LogP contribution >= 0.6 is 0 Å². The van der Waals surface area contributed by atoms with E-state index in [1.807, 2.05) is 6.92 Å². The molecule has 1 aromatic rings. The highest BCUT2D eigenvalue weighted by Gasteiger charge is 2.23. The smallest absolute Gasteiger partial charge is 0.253 e. The lowest BCUT2D eigenvalue weighted by Crippen LogP contribution is -2.38. The Hall–Kier alpha value is -1.58. The summed E-state index contributed by atoms with van der Waals surface area (Å²) in [5.74, 6) is 0.707. The van der Waals surface area contributed by atoms with E-state index in [2.05, 4.69) is 17.2 Å². The van der Waals surface area contributed by atoms with Crippen molar-refractivity contribution in [3.05, 3.63) is 23.5 Å². The molecule has 1 amide bonds. The molecule has 2 rings (SSSR count). The van der Waals surface area contributed by atoms with Crippen LogP contribution in [0.15, 0.2) is 12.3 Å². The van der Waals surface area contributed by atoms with Crippen LogP contribution in [0.2, 0.25) is 0 Å². The van der Waals surface area contributed by atoms with E-state index in [0.29, 0.717) is 17.3 Å². The highest BCUT2D eigenvalue weighted by Crippen LogP contribution is 2.26. The average molecular weight is 261 g/mol. The molecule has 0 aliphatic heterocycles. The number of amides is 1. The fourth-order valence-electron chi connectivity index (χ4n) is 2.84. The van der Waals surface area contributed by atoms with E-state index in [0.717, 1.165) is 24.5 Å². The van der Waals surface area contributed by atoms with Gasteiger partial charge in [-0.3, -0.25) is 9.78 Å². The molecular formula is C15H23N3O. The van der Waals surface area contributed by atoms with Gasteiger partial charge in [0.1, 0.15) is 0 Å². The van der Waals surface area contributed by atoms with Crippen molar-refractivity contribution < 1.29 is 4.79 Å². The van der Waals surface area contributed by atoms with Crippen molar-refractivity contribution in [2.75, 3.05) is 5.73 Å². The number of anilines is 1. The fraction of sp³-hybridized carbons (Fsp3) is 0.600. The van der Waals surface area contributed by atoms with Gasteiger partial charge in [-0.25, -0.2) is 0 Å². The second-order valence-corrected chi connectivity index (χ2v) is 5.51. The Bertz CT molecular complexity index is 459. The third-order valence-electron chi connectivity index (χ3n) is 4.05. The summed E-state index contributed by atoms with van der Waals surface area (Å²) in [5.41, 5.74) is 7.56. The predicted molar refractivity (Wildman–Crippen MR) is 76.9 cm³/mol. The number of aryl methyl sites for hydroxylation is 1. The first-order valence-corrected chi connectivity index (χ1v) is 7.13. The first-order chi connectivity index (χ1) is 9.10. The number of nitrogens with two attached hydrogens (primary N) is 1. The number of pyridine rings is 1. The van der Waals surface area contributed by atoms with Crippen molar-refractivity contribution in [2.24, 2.45) is 5.92 Å². The lowest BCUT2D eigenvalue weighted by Gasteiger charge is -2.29. The zero-order chi connectivity index (χ0) is 13.8. The molecule has 1 fully saturated rings. The molecule has 4 nitrogen and oxygen atoms in total. The maximum atomic E-state index is 12.3. The Morgan fingerprint density at radius 1 is 1.53 bits per heavy atom. The minimum absolute atomic E-state index is 0.0425. The van der Waals surface area contributed by atoms with Crippen molar-refractivity contribution in [2.45, 2.75) is 52.0 Å². The average Bonchev–Trinajstić information content (AvgIpc) is 2.41. The highest BCUT2D eigenvalue weighted by molar-refractivity contribution is 5.96. The SMILES string of the molecule is CCC1CCCC(NC(=O)c2cc(N)cnc2C)C1. The molecule has 0 aromatic carbocycles. The predicted octanol–water partition coefficient (Wildman–Crippen LogP) is 2.67. The number of rotatable bonds is 3. The number of hydrogen-bond acceptors (Lipinski definition) is 3. The summed E-state index contributed by atoms with van der Waals surface area (Å²) >= 11 is 0. The monoisotopic (exact) mass is 261 g/mol. The fourth-order valence-corrected chi connectivity index (χ4v) is 2.84. The number of nitrogens with zero attached hydrogens (tertiary/aromatic N) is 1. The molecule has 1 aliphatic rings. The normalized spacial score (nSPS) is 23.1. The molecule has 104 valence electrons. The van der Waals surface area contributed by atoms with Gasteiger partial charge in [0.15, 0.2) is 0 Å². The maximum absolute atomic E-state index is 12.3. The summed E-state index contributed by atoms with van der Waals surface area (Å²) in [4.78, 5) is 16.4. The van der Waals surface area contributed by atoms with Crippen LogP contribution in [0.5, 0.6) is 0 Å². The summed E-state index contributed by atoms with van der Waals surface area (Å²) in [6.45, 7) is 4.06. The lowest BCUT2D eigenvalue weighted by atomic mass is 9.84. The van der Waals surface area contributed by atoms with E-state index in [-0.39, 0.29) is 5.91 Å². The van der Waals surface area contributed by atoms with Crippen molar-refractivity contribution in [3.63, 3.8) is 0 Å². The molecule has 0 saturated heterocycles. The number of hydrogen-bond donors (Lipinski definition) is 2. The maximum Gasteiger partial charge on any atom is 0.253 e. The highest BCUT2D eigenvalue weighted by atomic mass is 16.1. The quantitative estimate of drug-likeness (QED) is 0.879. The van der Waals surface area contributed by atoms with Crippen molar-refractivity contribution >= 4 is 11.6 Å². The van der Waals surface area contributed by atoms with Crippen LogP contribution in [0.4, 0.5) is 5.69 Å². The van der Waals surface area contributed by atoms with Gasteiger partial charge in [0.2, 0.25) is 0 Å². The van der Waals surface area contributed by atoms with Gasteiger partial charge in [-0.05, 0) is 31.7 Å². The second kappa shape index (κ2) is 6.04. The zero-order valence-electron chi connectivity index (χ0n) is 11.8. The Kier molecular flexibility index (Phi) is 4.40. The molecule has 4 heteroatoms. The third-order valence-corrected chi connectivity index (χ3v) is 4.05. The van der Waals surface area contributed by atoms with Gasteiger partial charge in [-0.15, -0.1) is 0 Å². The van der Waals surface area contributed by atoms with Crippen LogP contribution in [-0.4, -0.2) is 16.9 Å². The summed E-state index contributed by atoms with van der Waals surface area (Å²) in [6.07, 6.45) is 7.46. The first kappa shape index (κ1) is 13.8. The molecule has 0 spiro atoms. The molecule has 3 N–H and O–H groups in total. The van der Waals surface area contributed by atoms with Crippen LogP contribution in [0.25, 0.3) is 0 Å². The molecule has 2 atom stereocenters. The largest absolute Gasteiger partial charge is 0.397 e. The molecule has 0 radical (unpaired) electrons. The van der Waals surface area contributed by atoms with Crippen LogP contribution < -0.4 is 11.1 Å². The summed E-state index contributed by atoms with van der Waals surface area (Å²) in [5, 5.41) is 3.13. The molecule has 0 bridgehead atoms. The Morgan fingerprint density at radius 2 is 2.32 bits per heavy atom. The molecule has 1 saturated carbocycles. The van der Waals surface area contributed by atoms with Gasteiger partial charge in [0.05, 0.1) is 23.1 Å². The van der Waals surface area contributed by atoms with Gasteiger partial charge in [-0.2, -0.15) is 0 Å². The van der Waals surface area contributed by atoms with Crippen LogP contribution in [0.1, 0.15) is 55.1 Å². The molecule has 1 aliphatic carbocycles. The minimum atomic E-state index is -0.0425. The van der Waals surface area contributed by atoms with E-state index < -0.39 is 0 Å². The topological polar surface area (TPSA) is 68.0 Å². The summed E-state index contributed by atoms with van der Waals surface area (Å²) in [6, 6.07) is 2.00. The van der Waals surface area contributed by atoms with Gasteiger partial charge in [0.25, 0.3) is 5.91 Å². The van der Waals surface area contributed by atoms with Crippen molar-refractivity contribution in [3.8, 4) is 0 Å². The van der Waals surface area contributed by atoms with Crippen molar-refractivity contribution in [1.82, 2.24) is 10.3 Å². The molecule has 2 unspecified atom stereocenters. The number of nitrogen functional groups attached to an aromatic ring is 1. The molecule has 1 heterocycles. The molecule has 19 heavy (non-hydrogen) atoms. The molecule has 1 aromatic heterocycles. The van der Waals surface area contributed by atoms with Crippen LogP contribution in [-0.2, 0) is 0 Å². The summed E-state index contributed by atoms with van der Waals surface area (Å²) < 4.78 is 0. The van der Waals surface area contributed by atoms with E-state index in [1.165, 1.54) is 19.3 Å². The zero-order valence-corrected chi connectivity index (χ0v) is 11.8. The van der Waals surface area contributed by atoms with Gasteiger partial charge < -0.3 is 11.1 Å². The number of nitrogens with one attached hydrogen (secondary N) is 1. The van der Waals surface area contributed by atoms with E-state index >= 15 is 0 Å². The summed E-state index contributed by atoms with van der Waals surface area (Å²) in [7, 11) is 0. The van der Waals surface area contributed by atoms with E-state index in [1.54, 1.807) is 12.3 Å². The lowest BCUT2D eigenvalue weighted by molar-refractivity contribution is 0.0918. The first-order valence-electron chi connectivity index (χ1n) is 7.13. The van der Waals surface area contributed by atoms with Crippen molar-refractivity contribution in [1.29, 1.82) is 0 Å². The standard InChI is InChI=1S/C15H23N3O/c1-3-11-5-4-6-13(7-11)18-15(19)14-8-12(16)9-17-10(14)2/h8-9,11,13H,3-7,16H2,1-2H3,(H,18,19).